The number of hydrogen-bond donors (Lipinski definition) is 0. The van der Waals surface area contributed by atoms with Crippen molar-refractivity contribution in [2.75, 3.05) is 6.26 Å². The van der Waals surface area contributed by atoms with Gasteiger partial charge in [0.2, 0.25) is 4.38 Å². The van der Waals surface area contributed by atoms with Crippen molar-refractivity contribution in [1.82, 2.24) is 0 Å². The van der Waals surface area contributed by atoms with Crippen LogP contribution in [0.1, 0.15) is 40.0 Å². The molecular weight excluding hydrogens is 224 g/mol. The quantitative estimate of drug-likeness (QED) is 0.648. The lowest BCUT2D eigenvalue weighted by molar-refractivity contribution is -0.0734. The van der Waals surface area contributed by atoms with Gasteiger partial charge in [-0.2, -0.15) is 0 Å². The zero-order valence-corrected chi connectivity index (χ0v) is 11.6. The summed E-state index contributed by atoms with van der Waals surface area (Å²) in [5.41, 5.74) is 0.242. The van der Waals surface area contributed by atoms with E-state index in [0.29, 0.717) is 10.3 Å². The maximum atomic E-state index is 6.09. The third-order valence-corrected chi connectivity index (χ3v) is 5.97. The van der Waals surface area contributed by atoms with Crippen molar-refractivity contribution < 1.29 is 4.74 Å². The molecule has 0 N–H and O–H groups in total. The van der Waals surface area contributed by atoms with E-state index in [9.17, 15) is 0 Å². The smallest absolute Gasteiger partial charge is 0.220 e. The maximum absolute atomic E-state index is 6.09. The lowest BCUT2D eigenvalue weighted by Gasteiger charge is -2.47. The van der Waals surface area contributed by atoms with E-state index < -0.39 is 0 Å². The van der Waals surface area contributed by atoms with E-state index in [4.69, 9.17) is 17.0 Å². The van der Waals surface area contributed by atoms with Gasteiger partial charge in [-0.3, -0.25) is 0 Å². The van der Waals surface area contributed by atoms with E-state index in [0.717, 1.165) is 5.92 Å². The maximum Gasteiger partial charge on any atom is 0.220 e. The van der Waals surface area contributed by atoms with E-state index in [1.165, 1.54) is 19.3 Å². The summed E-state index contributed by atoms with van der Waals surface area (Å²) in [6.07, 6.45) is 6.02. The van der Waals surface area contributed by atoms with E-state index in [1.54, 1.807) is 11.8 Å². The molecule has 2 rings (SSSR count). The SMILES string of the molecule is CSC(=S)O[C@]1(C)[C@@H]2CC[C@@H](C2)C1(C)C. The molecule has 0 aromatic carbocycles. The molecule has 2 aliphatic rings. The summed E-state index contributed by atoms with van der Waals surface area (Å²) in [5.74, 6) is 1.54. The zero-order chi connectivity index (χ0) is 11.3. The Bertz CT molecular complexity index is 287. The van der Waals surface area contributed by atoms with Crippen LogP contribution in [0.5, 0.6) is 0 Å². The Morgan fingerprint density at radius 3 is 2.33 bits per heavy atom. The standard InChI is InChI=1S/C12H20OS2/c1-11(2)8-5-6-9(7-8)12(11,3)13-10(14)15-4/h8-9H,5-7H2,1-4H3/t8-,9+,12+/m0/s1. The highest BCUT2D eigenvalue weighted by Gasteiger charge is 2.62. The Kier molecular flexibility index (Phi) is 2.83. The van der Waals surface area contributed by atoms with Crippen LogP contribution in [0.25, 0.3) is 0 Å². The molecule has 1 nitrogen and oxygen atoms in total. The third kappa shape index (κ3) is 1.54. The monoisotopic (exact) mass is 244 g/mol. The predicted molar refractivity (Wildman–Crippen MR) is 70.2 cm³/mol. The van der Waals surface area contributed by atoms with Crippen LogP contribution in [0.2, 0.25) is 0 Å². The fourth-order valence-corrected chi connectivity index (χ4v) is 3.93. The molecule has 0 aliphatic heterocycles. The van der Waals surface area contributed by atoms with Crippen LogP contribution >= 0.6 is 24.0 Å². The first-order chi connectivity index (χ1) is 6.91. The number of hydrogen-bond acceptors (Lipinski definition) is 3. The highest BCUT2D eigenvalue weighted by molar-refractivity contribution is 8.22. The van der Waals surface area contributed by atoms with Gasteiger partial charge < -0.3 is 4.74 Å². The predicted octanol–water partition coefficient (Wildman–Crippen LogP) is 3.87. The fourth-order valence-electron chi connectivity index (χ4n) is 3.50. The third-order valence-electron chi connectivity index (χ3n) is 4.97. The van der Waals surface area contributed by atoms with Gasteiger partial charge in [-0.25, -0.2) is 0 Å². The van der Waals surface area contributed by atoms with Gasteiger partial charge >= 0.3 is 0 Å². The minimum Gasteiger partial charge on any atom is -0.471 e. The molecule has 15 heavy (non-hydrogen) atoms. The minimum atomic E-state index is -0.0317. The molecule has 2 saturated carbocycles. The molecule has 0 aromatic rings. The average molecular weight is 244 g/mol. The van der Waals surface area contributed by atoms with Gasteiger partial charge in [-0.15, -0.1) is 0 Å². The molecule has 3 atom stereocenters. The van der Waals surface area contributed by atoms with Crippen LogP contribution in [0.3, 0.4) is 0 Å². The normalized spacial score (nSPS) is 41.9. The molecule has 0 unspecified atom stereocenters. The molecular formula is C12H20OS2. The van der Waals surface area contributed by atoms with Gasteiger partial charge in [0.15, 0.2) is 0 Å². The van der Waals surface area contributed by atoms with E-state index in [-0.39, 0.29) is 11.0 Å². The molecule has 3 heteroatoms. The van der Waals surface area contributed by atoms with Gasteiger partial charge in [0.1, 0.15) is 5.60 Å². The Morgan fingerprint density at radius 2 is 1.87 bits per heavy atom. The lowest BCUT2D eigenvalue weighted by atomic mass is 9.66. The lowest BCUT2D eigenvalue weighted by Crippen LogP contribution is -2.49. The molecule has 0 saturated heterocycles. The molecule has 0 heterocycles. The topological polar surface area (TPSA) is 9.23 Å². The summed E-state index contributed by atoms with van der Waals surface area (Å²) >= 11 is 6.77. The molecule has 0 amide bonds. The number of rotatable bonds is 1. The number of ether oxygens (including phenoxy) is 1. The van der Waals surface area contributed by atoms with Gasteiger partial charge in [-0.05, 0) is 56.5 Å². The second-order valence-corrected chi connectivity index (χ2v) is 7.00. The van der Waals surface area contributed by atoms with Crippen molar-refractivity contribution in [3.8, 4) is 0 Å². The Morgan fingerprint density at radius 1 is 1.27 bits per heavy atom. The van der Waals surface area contributed by atoms with Gasteiger partial charge in [0.25, 0.3) is 0 Å². The van der Waals surface area contributed by atoms with Gasteiger partial charge in [0.05, 0.1) is 0 Å². The minimum absolute atomic E-state index is 0.0317. The summed E-state index contributed by atoms with van der Waals surface area (Å²) in [6.45, 7) is 6.96. The molecule has 86 valence electrons. The van der Waals surface area contributed by atoms with Crippen molar-refractivity contribution in [1.29, 1.82) is 0 Å². The van der Waals surface area contributed by atoms with E-state index in [2.05, 4.69) is 20.8 Å². The van der Waals surface area contributed by atoms with Crippen molar-refractivity contribution in [3.05, 3.63) is 0 Å². The molecule has 0 spiro atoms. The average Bonchev–Trinajstić information content (AvgIpc) is 2.70. The zero-order valence-electron chi connectivity index (χ0n) is 10.0. The highest BCUT2D eigenvalue weighted by Crippen LogP contribution is 2.63. The summed E-state index contributed by atoms with van der Waals surface area (Å²) in [4.78, 5) is 0. The van der Waals surface area contributed by atoms with Crippen molar-refractivity contribution in [2.45, 2.75) is 45.6 Å². The fraction of sp³-hybridized carbons (Fsp3) is 0.917. The van der Waals surface area contributed by atoms with E-state index >= 15 is 0 Å². The van der Waals surface area contributed by atoms with Crippen LogP contribution in [-0.4, -0.2) is 16.2 Å². The van der Waals surface area contributed by atoms with Crippen LogP contribution in [0, 0.1) is 17.3 Å². The number of fused-ring (bicyclic) bond motifs is 2. The van der Waals surface area contributed by atoms with Crippen LogP contribution in [0.4, 0.5) is 0 Å². The molecule has 0 aromatic heterocycles. The summed E-state index contributed by atoms with van der Waals surface area (Å²) < 4.78 is 6.80. The van der Waals surface area contributed by atoms with Crippen LogP contribution < -0.4 is 0 Å². The van der Waals surface area contributed by atoms with Crippen molar-refractivity contribution in [2.24, 2.45) is 17.3 Å². The van der Waals surface area contributed by atoms with Crippen molar-refractivity contribution >= 4 is 28.4 Å². The Labute approximate surface area is 102 Å². The summed E-state index contributed by atoms with van der Waals surface area (Å²) in [6, 6.07) is 0. The number of thiocarbonyl (C=S) groups is 1. The first-order valence-electron chi connectivity index (χ1n) is 5.69. The van der Waals surface area contributed by atoms with Crippen LogP contribution in [-0.2, 0) is 4.74 Å². The van der Waals surface area contributed by atoms with Crippen LogP contribution in [0.15, 0.2) is 0 Å². The van der Waals surface area contributed by atoms with Gasteiger partial charge in [0, 0.05) is 5.41 Å². The molecule has 2 bridgehead atoms. The van der Waals surface area contributed by atoms with E-state index in [1.807, 2.05) is 6.26 Å². The first kappa shape index (κ1) is 11.7. The molecule has 0 radical (unpaired) electrons. The highest BCUT2D eigenvalue weighted by atomic mass is 32.2. The van der Waals surface area contributed by atoms with Gasteiger partial charge in [-0.1, -0.05) is 25.6 Å². The second kappa shape index (κ2) is 3.63. The Hall–Kier alpha value is 0.240. The summed E-state index contributed by atoms with van der Waals surface area (Å²) in [7, 11) is 0. The Balaban J connectivity index is 2.23. The molecule has 2 aliphatic carbocycles. The van der Waals surface area contributed by atoms with Crippen molar-refractivity contribution in [3.63, 3.8) is 0 Å². The summed E-state index contributed by atoms with van der Waals surface area (Å²) in [5, 5.41) is 0. The second-order valence-electron chi connectivity index (χ2n) is 5.59. The largest absolute Gasteiger partial charge is 0.471 e. The molecule has 2 fully saturated rings. The first-order valence-corrected chi connectivity index (χ1v) is 7.32. The number of thioether (sulfide) groups is 1.